The van der Waals surface area contributed by atoms with Gasteiger partial charge in [0.2, 0.25) is 0 Å². The Kier molecular flexibility index (Phi) is 20.3. The molecule has 0 rings (SSSR count). The van der Waals surface area contributed by atoms with Crippen molar-refractivity contribution < 1.29 is 29.3 Å². The summed E-state index contributed by atoms with van der Waals surface area (Å²) in [5.74, 6) is -1.28. The van der Waals surface area contributed by atoms with Crippen molar-refractivity contribution >= 4 is 18.2 Å². The summed E-state index contributed by atoms with van der Waals surface area (Å²) in [4.78, 5) is 29.2. The second-order valence-corrected chi connectivity index (χ2v) is 5.49. The quantitative estimate of drug-likeness (QED) is 0.469. The molecule has 0 heterocycles. The number of rotatable bonds is 3. The van der Waals surface area contributed by atoms with Crippen molar-refractivity contribution in [2.75, 3.05) is 7.11 Å². The van der Waals surface area contributed by atoms with E-state index in [0.717, 1.165) is 6.29 Å². The number of hydrogen-bond acceptors (Lipinski definition) is 5. The molecule has 0 saturated carbocycles. The number of aliphatic hydroxyl groups is 1. The highest BCUT2D eigenvalue weighted by Crippen LogP contribution is 1.93. The molecule has 6 heteroatoms. The largest absolute Gasteiger partial charge is 0.478 e. The molecule has 0 spiro atoms. The Balaban J connectivity index is -0.000000106. The molecule has 2 N–H and O–H groups in total. The minimum Gasteiger partial charge on any atom is -0.478 e. The topological polar surface area (TPSA) is 101 Å². The molecular formula is C17H30O6. The lowest BCUT2D eigenvalue weighted by molar-refractivity contribution is -0.136. The van der Waals surface area contributed by atoms with Gasteiger partial charge in [0.1, 0.15) is 6.29 Å². The van der Waals surface area contributed by atoms with Crippen LogP contribution < -0.4 is 0 Å². The van der Waals surface area contributed by atoms with Crippen LogP contribution in [0.1, 0.15) is 41.5 Å². The van der Waals surface area contributed by atoms with E-state index in [1.165, 1.54) is 14.0 Å². The molecule has 6 nitrogen and oxygen atoms in total. The number of aldehydes is 1. The monoisotopic (exact) mass is 330 g/mol. The van der Waals surface area contributed by atoms with E-state index in [1.807, 2.05) is 0 Å². The maximum atomic E-state index is 10.2. The summed E-state index contributed by atoms with van der Waals surface area (Å²) in [6.07, 6.45) is 0.722. The van der Waals surface area contributed by atoms with Crippen LogP contribution in [0.2, 0.25) is 0 Å². The molecule has 0 fully saturated rings. The molecular weight excluding hydrogens is 300 g/mol. The lowest BCUT2D eigenvalue weighted by atomic mass is 10.2. The molecule has 0 atom stereocenters. The Bertz CT molecular complexity index is 395. The van der Waals surface area contributed by atoms with Gasteiger partial charge in [0.25, 0.3) is 0 Å². The summed E-state index contributed by atoms with van der Waals surface area (Å²) < 4.78 is 4.27. The molecule has 0 radical (unpaired) electrons. The molecule has 0 aliphatic rings. The van der Waals surface area contributed by atoms with E-state index in [-0.39, 0.29) is 11.5 Å². The van der Waals surface area contributed by atoms with Gasteiger partial charge in [0, 0.05) is 11.1 Å². The molecule has 0 unspecified atom stereocenters. The number of allylic oxidation sites excluding steroid dienone is 1. The number of carbonyl (C=O) groups excluding carboxylic acids is 2. The minimum atomic E-state index is -0.935. The predicted molar refractivity (Wildman–Crippen MR) is 92.1 cm³/mol. The van der Waals surface area contributed by atoms with Gasteiger partial charge in [-0.25, -0.2) is 9.59 Å². The SMILES string of the molecule is C=C(C)C(=O)O.C=C(C)C(=O)OC.C=C(C)C=O.CC(C)(C)O. The summed E-state index contributed by atoms with van der Waals surface area (Å²) in [5, 5.41) is 16.4. The summed E-state index contributed by atoms with van der Waals surface area (Å²) in [6.45, 7) is 19.8. The second kappa shape index (κ2) is 16.2. The van der Waals surface area contributed by atoms with Crippen molar-refractivity contribution in [1.29, 1.82) is 0 Å². The molecule has 0 aromatic rings. The Morgan fingerprint density at radius 2 is 1.22 bits per heavy atom. The van der Waals surface area contributed by atoms with E-state index in [2.05, 4.69) is 24.5 Å². The first-order valence-electron chi connectivity index (χ1n) is 6.55. The number of methoxy groups -OCH3 is 1. The van der Waals surface area contributed by atoms with Crippen LogP contribution in [0, 0.1) is 0 Å². The number of esters is 1. The van der Waals surface area contributed by atoms with Gasteiger partial charge in [0.05, 0.1) is 12.7 Å². The third kappa shape index (κ3) is 65.3. The summed E-state index contributed by atoms with van der Waals surface area (Å²) >= 11 is 0. The van der Waals surface area contributed by atoms with Crippen LogP contribution >= 0.6 is 0 Å². The Morgan fingerprint density at radius 3 is 1.22 bits per heavy atom. The molecule has 0 aromatic heterocycles. The normalized spacial score (nSPS) is 8.35. The van der Waals surface area contributed by atoms with Crippen molar-refractivity contribution in [3.63, 3.8) is 0 Å². The third-order valence-corrected chi connectivity index (χ3v) is 1.10. The fourth-order valence-corrected chi connectivity index (χ4v) is 0.174. The first kappa shape index (κ1) is 28.9. The minimum absolute atomic E-state index is 0.176. The van der Waals surface area contributed by atoms with Crippen LogP contribution in [0.25, 0.3) is 0 Å². The zero-order chi connectivity index (χ0) is 19.8. The molecule has 0 aliphatic carbocycles. The van der Waals surface area contributed by atoms with Gasteiger partial charge in [-0.1, -0.05) is 19.7 Å². The fourth-order valence-electron chi connectivity index (χ4n) is 0.174. The molecule has 0 aliphatic heterocycles. The molecule has 23 heavy (non-hydrogen) atoms. The molecule has 0 bridgehead atoms. The molecule has 0 aromatic carbocycles. The summed E-state index contributed by atoms with van der Waals surface area (Å²) in [5.41, 5.74) is 0.683. The number of hydrogen-bond donors (Lipinski definition) is 2. The van der Waals surface area contributed by atoms with Gasteiger partial charge in [-0.3, -0.25) is 4.79 Å². The molecule has 0 saturated heterocycles. The third-order valence-electron chi connectivity index (χ3n) is 1.10. The number of ether oxygens (including phenoxy) is 1. The Labute approximate surface area is 139 Å². The highest BCUT2D eigenvalue weighted by Gasteiger charge is 1.98. The van der Waals surface area contributed by atoms with Crippen LogP contribution in [0.4, 0.5) is 0 Å². The van der Waals surface area contributed by atoms with Gasteiger partial charge in [0.15, 0.2) is 0 Å². The van der Waals surface area contributed by atoms with Gasteiger partial charge >= 0.3 is 11.9 Å². The number of aliphatic carboxylic acids is 1. The van der Waals surface area contributed by atoms with Gasteiger partial charge < -0.3 is 14.9 Å². The van der Waals surface area contributed by atoms with Crippen LogP contribution in [0.5, 0.6) is 0 Å². The van der Waals surface area contributed by atoms with Crippen LogP contribution in [-0.2, 0) is 19.1 Å². The van der Waals surface area contributed by atoms with Crippen LogP contribution in [0.3, 0.4) is 0 Å². The van der Waals surface area contributed by atoms with E-state index < -0.39 is 11.6 Å². The first-order valence-corrected chi connectivity index (χ1v) is 6.55. The second-order valence-electron chi connectivity index (χ2n) is 5.49. The lowest BCUT2D eigenvalue weighted by Crippen LogP contribution is -2.10. The Morgan fingerprint density at radius 1 is 1.00 bits per heavy atom. The predicted octanol–water partition coefficient (Wildman–Crippen LogP) is 2.92. The zero-order valence-electron chi connectivity index (χ0n) is 15.2. The van der Waals surface area contributed by atoms with Crippen LogP contribution in [0.15, 0.2) is 36.5 Å². The van der Waals surface area contributed by atoms with Gasteiger partial charge in [-0.05, 0) is 47.1 Å². The first-order chi connectivity index (χ1) is 10.1. The van der Waals surface area contributed by atoms with E-state index in [4.69, 9.17) is 10.2 Å². The molecule has 0 amide bonds. The summed E-state index contributed by atoms with van der Waals surface area (Å²) in [7, 11) is 1.33. The number of carboxylic acids is 1. The van der Waals surface area contributed by atoms with Crippen molar-refractivity contribution in [2.24, 2.45) is 0 Å². The number of carboxylic acid groups (broad SMARTS) is 1. The van der Waals surface area contributed by atoms with Crippen molar-refractivity contribution in [1.82, 2.24) is 0 Å². The van der Waals surface area contributed by atoms with E-state index in [1.54, 1.807) is 34.6 Å². The van der Waals surface area contributed by atoms with Gasteiger partial charge in [-0.15, -0.1) is 0 Å². The fraction of sp³-hybridized carbons (Fsp3) is 0.471. The average Bonchev–Trinajstić information content (AvgIpc) is 2.36. The average molecular weight is 330 g/mol. The Hall–Kier alpha value is -2.21. The lowest BCUT2D eigenvalue weighted by Gasteiger charge is -2.04. The molecule has 134 valence electrons. The number of carbonyl (C=O) groups is 3. The summed E-state index contributed by atoms with van der Waals surface area (Å²) in [6, 6.07) is 0. The van der Waals surface area contributed by atoms with E-state index in [9.17, 15) is 14.4 Å². The van der Waals surface area contributed by atoms with E-state index >= 15 is 0 Å². The van der Waals surface area contributed by atoms with Crippen molar-refractivity contribution in [2.45, 2.75) is 47.1 Å². The highest BCUT2D eigenvalue weighted by molar-refractivity contribution is 5.86. The smallest absolute Gasteiger partial charge is 0.332 e. The van der Waals surface area contributed by atoms with E-state index in [0.29, 0.717) is 11.1 Å². The van der Waals surface area contributed by atoms with Crippen molar-refractivity contribution in [3.8, 4) is 0 Å². The maximum Gasteiger partial charge on any atom is 0.332 e. The van der Waals surface area contributed by atoms with Gasteiger partial charge in [-0.2, -0.15) is 0 Å². The standard InChI is InChI=1S/C5H8O2.C4H6O2.C4H10O.C4H6O/c1-4(2)5(6)7-3;1-3(2)4(5)6;1-4(2,3)5;1-4(2)3-5/h1H2,2-3H3;1H2,2H3,(H,5,6);5H,1-3H3;3H,1H2,2H3. The highest BCUT2D eigenvalue weighted by atomic mass is 16.5. The zero-order valence-corrected chi connectivity index (χ0v) is 15.2. The maximum absolute atomic E-state index is 10.2. The van der Waals surface area contributed by atoms with Crippen molar-refractivity contribution in [3.05, 3.63) is 36.5 Å². The van der Waals surface area contributed by atoms with Crippen LogP contribution in [-0.4, -0.2) is 41.1 Å².